The van der Waals surface area contributed by atoms with Crippen molar-refractivity contribution in [1.82, 2.24) is 4.90 Å². The maximum atomic E-state index is 13.0. The molecule has 1 saturated heterocycles. The maximum Gasteiger partial charge on any atom is 0.285 e. The summed E-state index contributed by atoms with van der Waals surface area (Å²) in [5, 5.41) is 3.04. The SMILES string of the molecule is CN(C)c1ccccc1NC(=O)C1CCCN(C2=NS(=O)(=O)c3ccccc32)C1. The molecule has 1 unspecified atom stereocenters. The molecule has 4 rings (SSSR count). The molecule has 1 atom stereocenters. The Hall–Kier alpha value is -2.87. The number of carbonyl (C=O) groups is 1. The van der Waals surface area contributed by atoms with Crippen molar-refractivity contribution in [2.24, 2.45) is 10.3 Å². The standard InChI is InChI=1S/C21H24N4O3S/c1-24(2)18-11-5-4-10-17(18)22-21(26)15-8-7-13-25(14-15)20-16-9-3-6-12-19(16)29(27,28)23-20/h3-6,9-12,15H,7-8,13-14H2,1-2H3,(H,22,26). The normalized spacial score (nSPS) is 20.0. The van der Waals surface area contributed by atoms with Gasteiger partial charge in [-0.15, -0.1) is 4.40 Å². The van der Waals surface area contributed by atoms with Crippen molar-refractivity contribution >= 4 is 33.1 Å². The van der Waals surface area contributed by atoms with E-state index in [0.29, 0.717) is 24.5 Å². The molecule has 2 aliphatic rings. The number of piperidine rings is 1. The van der Waals surface area contributed by atoms with Crippen LogP contribution in [0, 0.1) is 5.92 Å². The van der Waals surface area contributed by atoms with Gasteiger partial charge in [0.2, 0.25) is 5.91 Å². The highest BCUT2D eigenvalue weighted by molar-refractivity contribution is 7.90. The smallest absolute Gasteiger partial charge is 0.285 e. The summed E-state index contributed by atoms with van der Waals surface area (Å²) in [5.41, 5.74) is 2.32. The van der Waals surface area contributed by atoms with Crippen LogP contribution in [-0.2, 0) is 14.8 Å². The first-order valence-electron chi connectivity index (χ1n) is 9.63. The third-order valence-corrected chi connectivity index (χ3v) is 6.67. The molecule has 1 fully saturated rings. The molecule has 0 saturated carbocycles. The van der Waals surface area contributed by atoms with Gasteiger partial charge in [0.05, 0.1) is 17.3 Å². The molecule has 152 valence electrons. The number of anilines is 2. The third-order valence-electron chi connectivity index (χ3n) is 5.35. The number of benzene rings is 2. The predicted octanol–water partition coefficient (Wildman–Crippen LogP) is 2.55. The molecule has 0 aliphatic carbocycles. The first-order valence-corrected chi connectivity index (χ1v) is 11.1. The highest BCUT2D eigenvalue weighted by atomic mass is 32.2. The minimum atomic E-state index is -3.67. The van der Waals surface area contributed by atoms with Crippen LogP contribution in [0.5, 0.6) is 0 Å². The van der Waals surface area contributed by atoms with E-state index >= 15 is 0 Å². The Balaban J connectivity index is 1.53. The van der Waals surface area contributed by atoms with Gasteiger partial charge in [0.15, 0.2) is 5.84 Å². The lowest BCUT2D eigenvalue weighted by Gasteiger charge is -2.33. The van der Waals surface area contributed by atoms with Gasteiger partial charge in [-0.1, -0.05) is 24.3 Å². The number of amidine groups is 1. The lowest BCUT2D eigenvalue weighted by atomic mass is 9.96. The molecule has 0 bridgehead atoms. The lowest BCUT2D eigenvalue weighted by Crippen LogP contribution is -2.43. The predicted molar refractivity (Wildman–Crippen MR) is 114 cm³/mol. The molecule has 1 N–H and O–H groups in total. The fourth-order valence-corrected chi connectivity index (χ4v) is 5.13. The Labute approximate surface area is 171 Å². The third kappa shape index (κ3) is 3.72. The number of sulfonamides is 1. The number of amides is 1. The first kappa shape index (κ1) is 19.4. The molecule has 2 aromatic carbocycles. The molecule has 1 amide bonds. The number of hydrogen-bond acceptors (Lipinski definition) is 5. The molecule has 2 aliphatic heterocycles. The van der Waals surface area contributed by atoms with E-state index in [2.05, 4.69) is 9.71 Å². The van der Waals surface area contributed by atoms with Crippen LogP contribution in [0.3, 0.4) is 0 Å². The fraction of sp³-hybridized carbons (Fsp3) is 0.333. The molecule has 2 aromatic rings. The van der Waals surface area contributed by atoms with Crippen molar-refractivity contribution < 1.29 is 13.2 Å². The van der Waals surface area contributed by atoms with Gasteiger partial charge in [-0.3, -0.25) is 4.79 Å². The molecular formula is C21H24N4O3S. The van der Waals surface area contributed by atoms with Gasteiger partial charge < -0.3 is 15.1 Å². The van der Waals surface area contributed by atoms with Gasteiger partial charge in [0.25, 0.3) is 10.0 Å². The number of nitrogens with one attached hydrogen (secondary N) is 1. The Morgan fingerprint density at radius 1 is 1.14 bits per heavy atom. The highest BCUT2D eigenvalue weighted by Gasteiger charge is 2.35. The van der Waals surface area contributed by atoms with E-state index in [1.54, 1.807) is 18.2 Å². The van der Waals surface area contributed by atoms with E-state index in [1.807, 2.05) is 54.2 Å². The Bertz CT molecular complexity index is 1080. The minimum Gasteiger partial charge on any atom is -0.376 e. The van der Waals surface area contributed by atoms with Crippen LogP contribution in [0.2, 0.25) is 0 Å². The van der Waals surface area contributed by atoms with E-state index in [1.165, 1.54) is 0 Å². The summed E-state index contributed by atoms with van der Waals surface area (Å²) in [7, 11) is 0.203. The van der Waals surface area contributed by atoms with E-state index in [9.17, 15) is 13.2 Å². The zero-order chi connectivity index (χ0) is 20.6. The maximum absolute atomic E-state index is 13.0. The van der Waals surface area contributed by atoms with Gasteiger partial charge in [-0.05, 0) is 37.1 Å². The zero-order valence-electron chi connectivity index (χ0n) is 16.5. The van der Waals surface area contributed by atoms with E-state index < -0.39 is 10.0 Å². The number of likely N-dealkylation sites (tertiary alicyclic amines) is 1. The number of hydrogen-bond donors (Lipinski definition) is 1. The van der Waals surface area contributed by atoms with Crippen LogP contribution in [0.25, 0.3) is 0 Å². The molecule has 7 nitrogen and oxygen atoms in total. The summed E-state index contributed by atoms with van der Waals surface area (Å²) >= 11 is 0. The zero-order valence-corrected chi connectivity index (χ0v) is 17.3. The Morgan fingerprint density at radius 3 is 2.66 bits per heavy atom. The van der Waals surface area contributed by atoms with Crippen molar-refractivity contribution in [3.63, 3.8) is 0 Å². The first-order chi connectivity index (χ1) is 13.9. The number of fused-ring (bicyclic) bond motifs is 1. The number of carbonyl (C=O) groups excluding carboxylic acids is 1. The summed E-state index contributed by atoms with van der Waals surface area (Å²) in [6.45, 7) is 1.12. The van der Waals surface area contributed by atoms with Crippen LogP contribution in [0.1, 0.15) is 18.4 Å². The van der Waals surface area contributed by atoms with Gasteiger partial charge in [0, 0.05) is 32.7 Å². The molecule has 2 heterocycles. The number of nitrogens with zero attached hydrogens (tertiary/aromatic N) is 3. The number of para-hydroxylation sites is 2. The molecule has 29 heavy (non-hydrogen) atoms. The van der Waals surface area contributed by atoms with Crippen LogP contribution < -0.4 is 10.2 Å². The van der Waals surface area contributed by atoms with E-state index in [-0.39, 0.29) is 16.7 Å². The van der Waals surface area contributed by atoms with Crippen LogP contribution in [0.15, 0.2) is 57.8 Å². The van der Waals surface area contributed by atoms with Crippen molar-refractivity contribution in [1.29, 1.82) is 0 Å². The molecule has 0 aromatic heterocycles. The largest absolute Gasteiger partial charge is 0.376 e. The van der Waals surface area contributed by atoms with Crippen LogP contribution in [0.4, 0.5) is 11.4 Å². The summed E-state index contributed by atoms with van der Waals surface area (Å²) in [6, 6.07) is 14.5. The highest BCUT2D eigenvalue weighted by Crippen LogP contribution is 2.30. The molecule has 0 radical (unpaired) electrons. The molecular weight excluding hydrogens is 388 g/mol. The second kappa shape index (κ2) is 7.51. The van der Waals surface area contributed by atoms with Crippen molar-refractivity contribution in [3.8, 4) is 0 Å². The average Bonchev–Trinajstić information content (AvgIpc) is 3.00. The van der Waals surface area contributed by atoms with Crippen LogP contribution >= 0.6 is 0 Å². The summed E-state index contributed by atoms with van der Waals surface area (Å²) in [4.78, 5) is 17.1. The van der Waals surface area contributed by atoms with Gasteiger partial charge in [-0.25, -0.2) is 0 Å². The van der Waals surface area contributed by atoms with Gasteiger partial charge in [-0.2, -0.15) is 8.42 Å². The topological polar surface area (TPSA) is 82.1 Å². The summed E-state index contributed by atoms with van der Waals surface area (Å²) in [5.74, 6) is 0.155. The van der Waals surface area contributed by atoms with Crippen molar-refractivity contribution in [2.75, 3.05) is 37.4 Å². The second-order valence-electron chi connectivity index (χ2n) is 7.57. The second-order valence-corrected chi connectivity index (χ2v) is 9.14. The lowest BCUT2D eigenvalue weighted by molar-refractivity contribution is -0.121. The number of rotatable bonds is 3. The van der Waals surface area contributed by atoms with Gasteiger partial charge >= 0.3 is 0 Å². The molecule has 8 heteroatoms. The fourth-order valence-electron chi connectivity index (χ4n) is 3.90. The van der Waals surface area contributed by atoms with Gasteiger partial charge in [0.1, 0.15) is 4.90 Å². The Kier molecular flexibility index (Phi) is 5.04. The minimum absolute atomic E-state index is 0.0567. The van der Waals surface area contributed by atoms with E-state index in [4.69, 9.17) is 0 Å². The van der Waals surface area contributed by atoms with Crippen LogP contribution in [-0.4, -0.2) is 52.2 Å². The Morgan fingerprint density at radius 2 is 1.86 bits per heavy atom. The van der Waals surface area contributed by atoms with Crippen molar-refractivity contribution in [2.45, 2.75) is 17.7 Å². The monoisotopic (exact) mass is 412 g/mol. The summed E-state index contributed by atoms with van der Waals surface area (Å²) < 4.78 is 28.7. The quantitative estimate of drug-likeness (QED) is 0.838. The molecule has 0 spiro atoms. The van der Waals surface area contributed by atoms with E-state index in [0.717, 1.165) is 24.2 Å². The summed E-state index contributed by atoms with van der Waals surface area (Å²) in [6.07, 6.45) is 1.56. The van der Waals surface area contributed by atoms with Crippen molar-refractivity contribution in [3.05, 3.63) is 54.1 Å². The average molecular weight is 413 g/mol.